The molecule has 0 amide bonds. The number of nitrogens with one attached hydrogen (secondary N) is 1. The fourth-order valence-corrected chi connectivity index (χ4v) is 2.85. The standard InChI is InChI=1S/C18H21N3/c19-16-13-18(20,21-17-11-5-4-10-15(16)17)12-6-9-14-7-2-1-3-8-14/h1-5,7-8,10-11,13,21H,6,9,12,19-20H2. The van der Waals surface area contributed by atoms with E-state index in [-0.39, 0.29) is 0 Å². The van der Waals surface area contributed by atoms with Gasteiger partial charge in [-0.3, -0.25) is 0 Å². The summed E-state index contributed by atoms with van der Waals surface area (Å²) in [6.45, 7) is 0. The lowest BCUT2D eigenvalue weighted by Crippen LogP contribution is -2.48. The second-order valence-electron chi connectivity index (χ2n) is 5.65. The van der Waals surface area contributed by atoms with Gasteiger partial charge in [0.05, 0.1) is 0 Å². The molecular weight excluding hydrogens is 258 g/mol. The van der Waals surface area contributed by atoms with Crippen molar-refractivity contribution in [2.24, 2.45) is 11.5 Å². The first-order chi connectivity index (χ1) is 10.2. The maximum absolute atomic E-state index is 6.46. The Bertz CT molecular complexity index is 649. The maximum Gasteiger partial charge on any atom is 0.107 e. The Morgan fingerprint density at radius 1 is 0.952 bits per heavy atom. The van der Waals surface area contributed by atoms with Crippen LogP contribution in [0.5, 0.6) is 0 Å². The molecule has 1 aliphatic rings. The van der Waals surface area contributed by atoms with Crippen LogP contribution in [0.25, 0.3) is 5.70 Å². The van der Waals surface area contributed by atoms with Gasteiger partial charge in [0.25, 0.3) is 0 Å². The molecule has 1 heterocycles. The molecule has 3 rings (SSSR count). The summed E-state index contributed by atoms with van der Waals surface area (Å²) in [5, 5.41) is 3.41. The van der Waals surface area contributed by atoms with Crippen molar-refractivity contribution in [3.8, 4) is 0 Å². The quantitative estimate of drug-likeness (QED) is 0.806. The highest BCUT2D eigenvalue weighted by molar-refractivity contribution is 5.79. The zero-order valence-corrected chi connectivity index (χ0v) is 12.0. The fourth-order valence-electron chi connectivity index (χ4n) is 2.85. The van der Waals surface area contributed by atoms with Crippen LogP contribution in [-0.4, -0.2) is 5.66 Å². The number of anilines is 1. The molecule has 108 valence electrons. The molecule has 2 aromatic rings. The molecule has 1 aliphatic heterocycles. The fraction of sp³-hybridized carbons (Fsp3) is 0.222. The molecule has 0 spiro atoms. The van der Waals surface area contributed by atoms with Gasteiger partial charge in [0.1, 0.15) is 5.66 Å². The molecule has 0 bridgehead atoms. The van der Waals surface area contributed by atoms with Gasteiger partial charge in [0, 0.05) is 16.9 Å². The van der Waals surface area contributed by atoms with E-state index in [9.17, 15) is 0 Å². The Morgan fingerprint density at radius 3 is 2.48 bits per heavy atom. The van der Waals surface area contributed by atoms with Crippen LogP contribution in [0.4, 0.5) is 5.69 Å². The second-order valence-corrected chi connectivity index (χ2v) is 5.65. The molecule has 0 aliphatic carbocycles. The Morgan fingerprint density at radius 2 is 1.67 bits per heavy atom. The van der Waals surface area contributed by atoms with E-state index in [1.807, 2.05) is 36.4 Å². The lowest BCUT2D eigenvalue weighted by atomic mass is 9.93. The molecule has 2 aromatic carbocycles. The van der Waals surface area contributed by atoms with E-state index < -0.39 is 5.66 Å². The van der Waals surface area contributed by atoms with E-state index in [1.165, 1.54) is 5.56 Å². The third-order valence-corrected chi connectivity index (χ3v) is 3.92. The lowest BCUT2D eigenvalue weighted by Gasteiger charge is -2.34. The number of hydrogen-bond acceptors (Lipinski definition) is 3. The molecule has 1 unspecified atom stereocenters. The number of nitrogens with two attached hydrogens (primary N) is 2. The van der Waals surface area contributed by atoms with Crippen LogP contribution in [0.15, 0.2) is 60.7 Å². The average molecular weight is 279 g/mol. The van der Waals surface area contributed by atoms with E-state index in [4.69, 9.17) is 11.5 Å². The molecule has 0 saturated heterocycles. The molecule has 0 fully saturated rings. The first kappa shape index (κ1) is 13.7. The highest BCUT2D eigenvalue weighted by Crippen LogP contribution is 2.31. The topological polar surface area (TPSA) is 64.1 Å². The highest BCUT2D eigenvalue weighted by Gasteiger charge is 2.27. The van der Waals surface area contributed by atoms with Gasteiger partial charge in [-0.05, 0) is 37.0 Å². The van der Waals surface area contributed by atoms with Crippen LogP contribution < -0.4 is 16.8 Å². The predicted octanol–water partition coefficient (Wildman–Crippen LogP) is 3.09. The Balaban J connectivity index is 1.67. The Kier molecular flexibility index (Phi) is 3.67. The van der Waals surface area contributed by atoms with Gasteiger partial charge in [-0.25, -0.2) is 0 Å². The van der Waals surface area contributed by atoms with E-state index in [0.717, 1.165) is 36.2 Å². The number of hydrogen-bond donors (Lipinski definition) is 3. The lowest BCUT2D eigenvalue weighted by molar-refractivity contribution is 0.521. The van der Waals surface area contributed by atoms with Gasteiger partial charge in [-0.15, -0.1) is 0 Å². The van der Waals surface area contributed by atoms with E-state index in [2.05, 4.69) is 29.6 Å². The predicted molar refractivity (Wildman–Crippen MR) is 88.5 cm³/mol. The summed E-state index contributed by atoms with van der Waals surface area (Å²) >= 11 is 0. The van der Waals surface area contributed by atoms with Crippen LogP contribution in [0, 0.1) is 0 Å². The van der Waals surface area contributed by atoms with Crippen molar-refractivity contribution in [1.29, 1.82) is 0 Å². The number of rotatable bonds is 4. The van der Waals surface area contributed by atoms with Crippen LogP contribution in [-0.2, 0) is 6.42 Å². The normalized spacial score (nSPS) is 20.3. The van der Waals surface area contributed by atoms with E-state index in [0.29, 0.717) is 0 Å². The van der Waals surface area contributed by atoms with Crippen molar-refractivity contribution in [1.82, 2.24) is 0 Å². The molecular formula is C18H21N3. The van der Waals surface area contributed by atoms with E-state index >= 15 is 0 Å². The molecule has 0 saturated carbocycles. The molecule has 1 atom stereocenters. The van der Waals surface area contributed by atoms with Gasteiger partial charge < -0.3 is 16.8 Å². The second kappa shape index (κ2) is 5.62. The number of fused-ring (bicyclic) bond motifs is 1. The summed E-state index contributed by atoms with van der Waals surface area (Å²) in [5.74, 6) is 0. The van der Waals surface area contributed by atoms with Crippen molar-refractivity contribution in [2.45, 2.75) is 24.9 Å². The van der Waals surface area contributed by atoms with Gasteiger partial charge in [-0.1, -0.05) is 48.5 Å². The highest BCUT2D eigenvalue weighted by atomic mass is 15.1. The third kappa shape index (κ3) is 3.09. The number of para-hydroxylation sites is 1. The average Bonchev–Trinajstić information content (AvgIpc) is 2.48. The van der Waals surface area contributed by atoms with Crippen molar-refractivity contribution in [3.63, 3.8) is 0 Å². The number of benzene rings is 2. The van der Waals surface area contributed by atoms with Crippen LogP contribution in [0.2, 0.25) is 0 Å². The first-order valence-electron chi connectivity index (χ1n) is 7.35. The van der Waals surface area contributed by atoms with Crippen molar-refractivity contribution >= 4 is 11.4 Å². The smallest absolute Gasteiger partial charge is 0.107 e. The minimum Gasteiger partial charge on any atom is -0.398 e. The number of aryl methyl sites for hydroxylation is 1. The molecule has 5 N–H and O–H groups in total. The molecule has 3 nitrogen and oxygen atoms in total. The summed E-state index contributed by atoms with van der Waals surface area (Å²) in [5.41, 5.74) is 16.2. The van der Waals surface area contributed by atoms with Crippen LogP contribution in [0.3, 0.4) is 0 Å². The molecule has 21 heavy (non-hydrogen) atoms. The Labute approximate surface area is 125 Å². The summed E-state index contributed by atoms with van der Waals surface area (Å²) in [7, 11) is 0. The van der Waals surface area contributed by atoms with Crippen molar-refractivity contribution in [3.05, 3.63) is 71.8 Å². The van der Waals surface area contributed by atoms with Gasteiger partial charge in [-0.2, -0.15) is 0 Å². The summed E-state index contributed by atoms with van der Waals surface area (Å²) in [6.07, 6.45) is 4.83. The van der Waals surface area contributed by atoms with Crippen molar-refractivity contribution < 1.29 is 0 Å². The summed E-state index contributed by atoms with van der Waals surface area (Å²) in [6, 6.07) is 18.5. The van der Waals surface area contributed by atoms with Gasteiger partial charge >= 0.3 is 0 Å². The minimum atomic E-state index is -0.562. The van der Waals surface area contributed by atoms with Crippen molar-refractivity contribution in [2.75, 3.05) is 5.32 Å². The van der Waals surface area contributed by atoms with Crippen LogP contribution >= 0.6 is 0 Å². The minimum absolute atomic E-state index is 0.562. The monoisotopic (exact) mass is 279 g/mol. The van der Waals surface area contributed by atoms with Gasteiger partial charge in [0.2, 0.25) is 0 Å². The zero-order valence-electron chi connectivity index (χ0n) is 12.0. The first-order valence-corrected chi connectivity index (χ1v) is 7.35. The Hall–Kier alpha value is -2.26. The van der Waals surface area contributed by atoms with E-state index in [1.54, 1.807) is 0 Å². The molecule has 0 radical (unpaired) electrons. The van der Waals surface area contributed by atoms with Crippen LogP contribution in [0.1, 0.15) is 24.0 Å². The summed E-state index contributed by atoms with van der Waals surface area (Å²) < 4.78 is 0. The zero-order chi connectivity index (χ0) is 14.7. The van der Waals surface area contributed by atoms with Gasteiger partial charge in [0.15, 0.2) is 0 Å². The third-order valence-electron chi connectivity index (χ3n) is 3.92. The maximum atomic E-state index is 6.46. The molecule has 0 aromatic heterocycles. The SMILES string of the molecule is NC1=CC(N)(CCCc2ccccc2)Nc2ccccc21. The molecule has 3 heteroatoms. The summed E-state index contributed by atoms with van der Waals surface area (Å²) in [4.78, 5) is 0. The largest absolute Gasteiger partial charge is 0.398 e.